The van der Waals surface area contributed by atoms with Gasteiger partial charge in [-0.05, 0) is 86.0 Å². The van der Waals surface area contributed by atoms with Crippen molar-refractivity contribution in [3.63, 3.8) is 0 Å². The number of quaternary nitrogens is 1. The molecule has 56 heavy (non-hydrogen) atoms. The fourth-order valence-electron chi connectivity index (χ4n) is 7.80. The van der Waals surface area contributed by atoms with Gasteiger partial charge < -0.3 is 39.6 Å². The van der Waals surface area contributed by atoms with Gasteiger partial charge in [0.15, 0.2) is 6.79 Å². The third-order valence-corrected chi connectivity index (χ3v) is 11.1. The van der Waals surface area contributed by atoms with E-state index in [0.29, 0.717) is 71.5 Å². The molecule has 5 N–H and O–H groups in total. The fraction of sp³-hybridized carbons (Fsp3) is 0.390. The quantitative estimate of drug-likeness (QED) is 0.0546. The summed E-state index contributed by atoms with van der Waals surface area (Å²) >= 11 is 0. The molecule has 1 atom stereocenters. The summed E-state index contributed by atoms with van der Waals surface area (Å²) in [6.07, 6.45) is 0.231. The lowest BCUT2D eigenvalue weighted by Crippen LogP contribution is -2.56. The highest BCUT2D eigenvalue weighted by Crippen LogP contribution is 2.40. The third-order valence-electron chi connectivity index (χ3n) is 10.6. The number of nitrogens with zero attached hydrogens (tertiary/aromatic N) is 2. The third kappa shape index (κ3) is 10.2. The van der Waals surface area contributed by atoms with Crippen molar-refractivity contribution in [3.05, 3.63) is 136 Å². The second kappa shape index (κ2) is 16.7. The number of aliphatic hydroxyl groups is 1. The summed E-state index contributed by atoms with van der Waals surface area (Å²) in [5.74, 6) is -0.918. The summed E-state index contributed by atoms with van der Waals surface area (Å²) in [5, 5.41) is 17.6. The average molecular weight is 798 g/mol. The number of phosphoric acid groups is 1. The van der Waals surface area contributed by atoms with E-state index in [1.807, 2.05) is 32.9 Å². The maximum absolute atomic E-state index is 14.5. The Morgan fingerprint density at radius 1 is 0.911 bits per heavy atom. The van der Waals surface area contributed by atoms with Gasteiger partial charge in [0.2, 0.25) is 0 Å². The summed E-state index contributed by atoms with van der Waals surface area (Å²) < 4.78 is 64.9. The van der Waals surface area contributed by atoms with Crippen molar-refractivity contribution in [2.75, 3.05) is 33.0 Å². The van der Waals surface area contributed by atoms with E-state index in [4.69, 9.17) is 4.74 Å². The molecule has 6 rings (SSSR count). The van der Waals surface area contributed by atoms with E-state index in [1.165, 1.54) is 36.4 Å². The van der Waals surface area contributed by atoms with Crippen LogP contribution in [0.2, 0.25) is 0 Å². The Hall–Kier alpha value is -4.27. The topological polar surface area (TPSA) is 141 Å². The van der Waals surface area contributed by atoms with Gasteiger partial charge in [-0.25, -0.2) is 27.1 Å². The molecule has 4 aromatic carbocycles. The first kappa shape index (κ1) is 41.4. The maximum atomic E-state index is 14.5. The predicted octanol–water partition coefficient (Wildman–Crippen LogP) is 6.62. The summed E-state index contributed by atoms with van der Waals surface area (Å²) in [6.45, 7) is 7.58. The first-order chi connectivity index (χ1) is 26.4. The van der Waals surface area contributed by atoms with Crippen molar-refractivity contribution >= 4 is 13.9 Å². The highest BCUT2D eigenvalue weighted by molar-refractivity contribution is 7.46. The number of benzene rings is 4. The SMILES string of the molecule is CC(C)(C)NCC(O)c1ccc(OCOP(=O)(O)O)c(C[N+]2(Cc3cccc(F)c3)CCC(N3CC(c4ccc(F)cc4)(c4ccc(F)cc4)NC3=O)CC2)c1. The number of hydrogen-bond donors (Lipinski definition) is 5. The minimum Gasteiger partial charge on any atom is -0.466 e. The molecule has 0 bridgehead atoms. The number of carbonyl (C=O) groups excluding carboxylic acids is 1. The Bertz CT molecular complexity index is 1990. The van der Waals surface area contributed by atoms with Gasteiger partial charge in [-0.1, -0.05) is 42.5 Å². The zero-order valence-electron chi connectivity index (χ0n) is 31.6. The van der Waals surface area contributed by atoms with Crippen LogP contribution in [0, 0.1) is 17.5 Å². The molecule has 300 valence electrons. The van der Waals surface area contributed by atoms with Crippen LogP contribution in [0.15, 0.2) is 91.0 Å². The van der Waals surface area contributed by atoms with Crippen LogP contribution in [0.5, 0.6) is 5.75 Å². The summed E-state index contributed by atoms with van der Waals surface area (Å²) in [6, 6.07) is 22.8. The molecule has 0 radical (unpaired) electrons. The van der Waals surface area contributed by atoms with Crippen LogP contribution in [-0.4, -0.2) is 74.9 Å². The van der Waals surface area contributed by atoms with E-state index < -0.39 is 37.9 Å². The standard InChI is InChI=1S/C41H48F3N4O7P/c1-40(2,3)45-23-37(49)29-7-16-38(54-27-55-56(51,52)53)30(22-29)25-48(24-28-5-4-6-35(44)21-28)19-17-36(18-20-48)47-26-41(46-39(47)50,31-8-12-33(42)13-9-31)32-10-14-34(43)15-11-32/h4-16,21-22,36-37,45,49H,17-20,23-27H2,1-3H3,(H2-,46,50,51,52,53)/p+1. The zero-order valence-corrected chi connectivity index (χ0v) is 32.5. The number of carbonyl (C=O) groups is 1. The normalized spacial score (nSPS) is 20.5. The number of hydrogen-bond acceptors (Lipinski definition) is 6. The van der Waals surface area contributed by atoms with Crippen LogP contribution in [0.1, 0.15) is 67.5 Å². The highest BCUT2D eigenvalue weighted by Gasteiger charge is 2.49. The Balaban J connectivity index is 1.30. The Morgan fingerprint density at radius 2 is 1.54 bits per heavy atom. The van der Waals surface area contributed by atoms with Crippen LogP contribution in [-0.2, 0) is 27.7 Å². The maximum Gasteiger partial charge on any atom is 0.472 e. The number of halogens is 3. The molecule has 2 amide bonds. The second-order valence-corrected chi connectivity index (χ2v) is 17.1. The molecule has 1 unspecified atom stereocenters. The van der Waals surface area contributed by atoms with Crippen LogP contribution < -0.4 is 15.4 Å². The van der Waals surface area contributed by atoms with Crippen molar-refractivity contribution in [3.8, 4) is 5.75 Å². The smallest absolute Gasteiger partial charge is 0.466 e. The molecule has 2 heterocycles. The lowest BCUT2D eigenvalue weighted by molar-refractivity contribution is -0.958. The first-order valence-corrected chi connectivity index (χ1v) is 20.0. The van der Waals surface area contributed by atoms with Crippen molar-refractivity contribution in [2.24, 2.45) is 0 Å². The average Bonchev–Trinajstić information content (AvgIpc) is 3.49. The van der Waals surface area contributed by atoms with E-state index in [1.54, 1.807) is 47.4 Å². The predicted molar refractivity (Wildman–Crippen MR) is 203 cm³/mol. The van der Waals surface area contributed by atoms with Gasteiger partial charge in [0.05, 0.1) is 25.7 Å². The second-order valence-electron chi connectivity index (χ2n) is 15.8. The van der Waals surface area contributed by atoms with E-state index in [2.05, 4.69) is 15.2 Å². The number of rotatable bonds is 14. The van der Waals surface area contributed by atoms with E-state index in [0.717, 1.165) is 5.56 Å². The molecule has 0 saturated carbocycles. The van der Waals surface area contributed by atoms with Gasteiger partial charge in [-0.15, -0.1) is 0 Å². The van der Waals surface area contributed by atoms with Gasteiger partial charge in [-0.3, -0.25) is 0 Å². The van der Waals surface area contributed by atoms with Crippen LogP contribution in [0.4, 0.5) is 18.0 Å². The number of piperidine rings is 1. The first-order valence-electron chi connectivity index (χ1n) is 18.5. The lowest BCUT2D eigenvalue weighted by Gasteiger charge is -2.46. The van der Waals surface area contributed by atoms with E-state index in [9.17, 15) is 37.4 Å². The van der Waals surface area contributed by atoms with Gasteiger partial charge in [-0.2, -0.15) is 0 Å². The summed E-state index contributed by atoms with van der Waals surface area (Å²) in [4.78, 5) is 34.2. The lowest BCUT2D eigenvalue weighted by atomic mass is 9.83. The van der Waals surface area contributed by atoms with Crippen LogP contribution in [0.3, 0.4) is 0 Å². The minimum absolute atomic E-state index is 0.208. The molecular weight excluding hydrogens is 748 g/mol. The molecule has 15 heteroatoms. The summed E-state index contributed by atoms with van der Waals surface area (Å²) in [5.41, 5.74) is 2.01. The van der Waals surface area contributed by atoms with Gasteiger partial charge in [0.1, 0.15) is 41.8 Å². The minimum atomic E-state index is -4.83. The van der Waals surface area contributed by atoms with Gasteiger partial charge in [0.25, 0.3) is 0 Å². The molecule has 0 aromatic heterocycles. The molecule has 0 spiro atoms. The Kier molecular flexibility index (Phi) is 12.3. The number of aliphatic hydroxyl groups excluding tert-OH is 1. The molecule has 11 nitrogen and oxygen atoms in total. The largest absolute Gasteiger partial charge is 0.472 e. The molecule has 2 aliphatic heterocycles. The monoisotopic (exact) mass is 797 g/mol. The fourth-order valence-corrected chi connectivity index (χ4v) is 7.99. The number of amides is 2. The van der Waals surface area contributed by atoms with Crippen molar-refractivity contribution < 1.29 is 51.2 Å². The highest BCUT2D eigenvalue weighted by atomic mass is 31.2. The molecule has 2 saturated heterocycles. The molecule has 2 aliphatic rings. The van der Waals surface area contributed by atoms with Crippen LogP contribution >= 0.6 is 7.82 Å². The molecule has 2 fully saturated rings. The Morgan fingerprint density at radius 3 is 2.11 bits per heavy atom. The summed E-state index contributed by atoms with van der Waals surface area (Å²) in [7, 11) is -4.83. The zero-order chi connectivity index (χ0) is 40.3. The number of likely N-dealkylation sites (tertiary alicyclic amines) is 1. The van der Waals surface area contributed by atoms with E-state index in [-0.39, 0.29) is 36.5 Å². The molecule has 4 aromatic rings. The Labute approximate surface area is 324 Å². The van der Waals surface area contributed by atoms with Crippen LogP contribution in [0.25, 0.3) is 0 Å². The number of urea groups is 1. The molecular formula is C41H49F3N4O7P+. The van der Waals surface area contributed by atoms with Crippen molar-refractivity contribution in [1.29, 1.82) is 0 Å². The number of nitrogens with one attached hydrogen (secondary N) is 2. The van der Waals surface area contributed by atoms with Gasteiger partial charge in [0, 0.05) is 42.1 Å². The number of ether oxygens (including phenoxy) is 1. The number of phosphoric ester groups is 1. The van der Waals surface area contributed by atoms with E-state index >= 15 is 0 Å². The molecule has 0 aliphatic carbocycles. The van der Waals surface area contributed by atoms with Crippen molar-refractivity contribution in [1.82, 2.24) is 15.5 Å². The van der Waals surface area contributed by atoms with Crippen molar-refractivity contribution in [2.45, 2.75) is 69.9 Å². The number of β-amino-alcohol motifs (C(OH)–C–C–N with tert-alkyl or cyclic N) is 1. The van der Waals surface area contributed by atoms with Gasteiger partial charge >= 0.3 is 13.9 Å².